The third kappa shape index (κ3) is 11.8. The number of hydrogen-bond donors (Lipinski definition) is 0. The Labute approximate surface area is 46.1 Å². The Morgan fingerprint density at radius 2 is 1.75 bits per heavy atom. The Morgan fingerprint density at radius 1 is 1.75 bits per heavy atom. The van der Waals surface area contributed by atoms with Crippen LogP contribution in [0.3, 0.4) is 0 Å². The van der Waals surface area contributed by atoms with E-state index in [-0.39, 0.29) is 23.1 Å². The van der Waals surface area contributed by atoms with Gasteiger partial charge in [0.1, 0.15) is 0 Å². The van der Waals surface area contributed by atoms with Crippen molar-refractivity contribution in [1.29, 1.82) is 0 Å². The summed E-state index contributed by atoms with van der Waals surface area (Å²) in [6.45, 7) is 0. The van der Waals surface area contributed by atoms with Crippen LogP contribution in [-0.4, -0.2) is 38.7 Å². The van der Waals surface area contributed by atoms with Gasteiger partial charge in [0.05, 0.1) is 0 Å². The van der Waals surface area contributed by atoms with Crippen molar-refractivity contribution in [1.82, 2.24) is 0 Å². The minimum absolute atomic E-state index is 0. The van der Waals surface area contributed by atoms with Gasteiger partial charge in [-0.3, -0.25) is 0 Å². The topological polar surface area (TPSA) is 17.1 Å². The quantitative estimate of drug-likeness (QED) is 0.347. The average molecular weight is 88.3 g/mol. The summed E-state index contributed by atoms with van der Waals surface area (Å²) in [7, 11) is 0. The zero-order chi connectivity index (χ0) is 2.71. The zero-order valence-corrected chi connectivity index (χ0v) is 2.52. The predicted octanol–water partition coefficient (Wildman–Crippen LogP) is -0.996. The molecule has 0 aromatic rings. The van der Waals surface area contributed by atoms with Gasteiger partial charge in [-0.05, 0) is 0 Å². The molecule has 0 aliphatic carbocycles. The second-order valence-electron chi connectivity index (χ2n) is 0.0891. The van der Waals surface area contributed by atoms with Crippen molar-refractivity contribution in [2.24, 2.45) is 0 Å². The molecular formula is H2AlFMgO. The molecule has 4 heteroatoms. The second-order valence-corrected chi connectivity index (χ2v) is 0.267. The summed E-state index contributed by atoms with van der Waals surface area (Å²) in [5, 5.41) is 0. The van der Waals surface area contributed by atoms with Crippen molar-refractivity contribution in [2.45, 2.75) is 0 Å². The maximum atomic E-state index is 9.82. The summed E-state index contributed by atoms with van der Waals surface area (Å²) in [4.78, 5) is 0. The first-order chi connectivity index (χ1) is 1.41. The summed E-state index contributed by atoms with van der Waals surface area (Å²) in [5.74, 6) is 0. The van der Waals surface area contributed by atoms with Crippen LogP contribution in [0.5, 0.6) is 0 Å². The van der Waals surface area contributed by atoms with Gasteiger partial charge in [0, 0.05) is 0 Å². The van der Waals surface area contributed by atoms with E-state index in [1.54, 1.807) is 0 Å². The monoisotopic (exact) mass is 88.0 g/mol. The molecule has 0 aromatic carbocycles. The van der Waals surface area contributed by atoms with Gasteiger partial charge in [-0.1, -0.05) is 0 Å². The Balaban J connectivity index is 0. The van der Waals surface area contributed by atoms with Crippen LogP contribution in [0.25, 0.3) is 0 Å². The van der Waals surface area contributed by atoms with E-state index in [1.807, 2.05) is 0 Å². The molecule has 20 valence electrons. The zero-order valence-electron chi connectivity index (χ0n) is 1.36. The summed E-state index contributed by atoms with van der Waals surface area (Å²) < 4.78 is 18.2. The van der Waals surface area contributed by atoms with Gasteiger partial charge >= 0.3 is 46.0 Å². The van der Waals surface area contributed by atoms with E-state index >= 15 is 0 Å². The van der Waals surface area contributed by atoms with E-state index in [2.05, 4.69) is 0 Å². The molecular weight excluding hydrogens is 86.3 g/mol. The second kappa shape index (κ2) is 8.98. The van der Waals surface area contributed by atoms with E-state index in [9.17, 15) is 3.52 Å². The first kappa shape index (κ1) is 8.90. The van der Waals surface area contributed by atoms with Crippen molar-refractivity contribution < 1.29 is 7.33 Å². The number of hydrogen-bond acceptors (Lipinski definition) is 1. The molecule has 0 rings (SSSR count). The van der Waals surface area contributed by atoms with Gasteiger partial charge in [-0.25, -0.2) is 0 Å². The van der Waals surface area contributed by atoms with Gasteiger partial charge in [0.2, 0.25) is 0 Å². The fraction of sp³-hybridized carbons (Fsp3) is 0. The van der Waals surface area contributed by atoms with Crippen LogP contribution in [-0.2, 0) is 3.80 Å². The molecule has 0 fully saturated rings. The predicted molar refractivity (Wildman–Crippen MR) is 16.1 cm³/mol. The Bertz CT molecular complexity index is 15.5. The summed E-state index contributed by atoms with van der Waals surface area (Å²) in [5.41, 5.74) is 0. The number of halogens is 1. The van der Waals surface area contributed by atoms with Gasteiger partial charge in [-0.15, -0.1) is 0 Å². The van der Waals surface area contributed by atoms with Crippen LogP contribution in [0.1, 0.15) is 0 Å². The van der Waals surface area contributed by atoms with Gasteiger partial charge in [0.25, 0.3) is 0 Å². The molecule has 0 bridgehead atoms. The van der Waals surface area contributed by atoms with Crippen LogP contribution < -0.4 is 0 Å². The van der Waals surface area contributed by atoms with Crippen LogP contribution in [0.4, 0.5) is 3.52 Å². The van der Waals surface area contributed by atoms with Crippen molar-refractivity contribution in [2.75, 3.05) is 0 Å². The van der Waals surface area contributed by atoms with E-state index in [0.29, 0.717) is 0 Å². The van der Waals surface area contributed by atoms with Crippen molar-refractivity contribution in [3.05, 3.63) is 0 Å². The van der Waals surface area contributed by atoms with E-state index in [1.165, 1.54) is 0 Å². The normalized spacial score (nSPS) is 2.25. The first-order valence-electron chi connectivity index (χ1n) is 0.454. The molecule has 0 aliphatic heterocycles. The van der Waals surface area contributed by atoms with Crippen LogP contribution in [0, 0.1) is 0 Å². The number of rotatable bonds is 0. The summed E-state index contributed by atoms with van der Waals surface area (Å²) >= 11 is -2.00. The maximum absolute atomic E-state index is 9.82. The molecule has 4 heavy (non-hydrogen) atoms. The molecule has 0 unspecified atom stereocenters. The fourth-order valence-corrected chi connectivity index (χ4v) is 0. The van der Waals surface area contributed by atoms with Crippen LogP contribution in [0.15, 0.2) is 0 Å². The third-order valence-electron chi connectivity index (χ3n) is 0. The molecule has 0 spiro atoms. The molecule has 0 aromatic heterocycles. The molecule has 0 amide bonds. The molecule has 0 N–H and O–H groups in total. The standard InChI is InChI=1S/Al.FH.Mg.O.2H/h;1H;;;;/q+1;;;;;/p-1. The van der Waals surface area contributed by atoms with Crippen molar-refractivity contribution in [3.63, 3.8) is 0 Å². The summed E-state index contributed by atoms with van der Waals surface area (Å²) in [6, 6.07) is 0. The van der Waals surface area contributed by atoms with Crippen LogP contribution in [0.2, 0.25) is 0 Å². The van der Waals surface area contributed by atoms with E-state index < -0.39 is 15.6 Å². The van der Waals surface area contributed by atoms with E-state index in [4.69, 9.17) is 3.80 Å². The molecule has 0 saturated carbocycles. The molecule has 0 radical (unpaired) electrons. The molecule has 0 atom stereocenters. The van der Waals surface area contributed by atoms with Crippen LogP contribution >= 0.6 is 0 Å². The first-order valence-corrected chi connectivity index (χ1v) is 1.36. The average Bonchev–Trinajstić information content (AvgIpc) is 0.918. The minimum atomic E-state index is -2.00. The van der Waals surface area contributed by atoms with Crippen molar-refractivity contribution >= 4 is 38.7 Å². The van der Waals surface area contributed by atoms with E-state index in [0.717, 1.165) is 0 Å². The Kier molecular flexibility index (Phi) is 20.0. The Morgan fingerprint density at radius 3 is 1.75 bits per heavy atom. The molecule has 0 heterocycles. The fourth-order valence-electron chi connectivity index (χ4n) is 0. The van der Waals surface area contributed by atoms with Gasteiger partial charge in [0.15, 0.2) is 0 Å². The summed E-state index contributed by atoms with van der Waals surface area (Å²) in [6.07, 6.45) is 0. The van der Waals surface area contributed by atoms with Crippen molar-refractivity contribution in [3.8, 4) is 0 Å². The van der Waals surface area contributed by atoms with Gasteiger partial charge in [-0.2, -0.15) is 0 Å². The van der Waals surface area contributed by atoms with Gasteiger partial charge < -0.3 is 0 Å². The molecule has 0 aliphatic rings. The Hall–Kier alpha value is 1.03. The molecule has 0 saturated heterocycles. The molecule has 1 nitrogen and oxygen atoms in total. The third-order valence-corrected chi connectivity index (χ3v) is 0. The SMILES string of the molecule is [MgH2].[O]=[Al][F].